The summed E-state index contributed by atoms with van der Waals surface area (Å²) in [5.41, 5.74) is 6.67. The number of nitrogens with zero attached hydrogens (tertiary/aromatic N) is 1. The van der Waals surface area contributed by atoms with Crippen LogP contribution in [-0.4, -0.2) is 11.1 Å². The van der Waals surface area contributed by atoms with Gasteiger partial charge in [-0.1, -0.05) is 13.3 Å². The third-order valence-electron chi connectivity index (χ3n) is 3.39. The molecule has 3 nitrogen and oxygen atoms in total. The fraction of sp³-hybridized carbons (Fsp3) is 0.615. The van der Waals surface area contributed by atoms with Crippen molar-refractivity contribution in [3.05, 3.63) is 24.0 Å². The first-order chi connectivity index (χ1) is 7.81. The lowest BCUT2D eigenvalue weighted by Gasteiger charge is -2.29. The van der Waals surface area contributed by atoms with Crippen LogP contribution in [0.1, 0.15) is 38.2 Å². The Morgan fingerprint density at radius 3 is 3.00 bits per heavy atom. The van der Waals surface area contributed by atoms with E-state index >= 15 is 0 Å². The minimum absolute atomic E-state index is 0.349. The van der Waals surface area contributed by atoms with E-state index in [1.165, 1.54) is 19.3 Å². The van der Waals surface area contributed by atoms with Crippen molar-refractivity contribution in [2.45, 2.75) is 45.3 Å². The molecule has 2 N–H and O–H groups in total. The predicted molar refractivity (Wildman–Crippen MR) is 64.2 cm³/mol. The molecule has 2 unspecified atom stereocenters. The highest BCUT2D eigenvalue weighted by molar-refractivity contribution is 5.30. The van der Waals surface area contributed by atoms with Crippen LogP contribution in [0, 0.1) is 5.92 Å². The fourth-order valence-corrected chi connectivity index (χ4v) is 2.30. The number of hydrogen-bond donors (Lipinski definition) is 1. The highest BCUT2D eigenvalue weighted by Crippen LogP contribution is 2.29. The normalized spacial score (nSPS) is 25.4. The number of pyridine rings is 1. The van der Waals surface area contributed by atoms with Gasteiger partial charge in [-0.2, -0.15) is 0 Å². The summed E-state index contributed by atoms with van der Waals surface area (Å²) < 4.78 is 6.07. The smallest absolute Gasteiger partial charge is 0.127 e. The highest BCUT2D eigenvalue weighted by atomic mass is 16.5. The van der Waals surface area contributed by atoms with Crippen molar-refractivity contribution in [1.82, 2.24) is 4.98 Å². The third-order valence-corrected chi connectivity index (χ3v) is 3.39. The lowest BCUT2D eigenvalue weighted by molar-refractivity contribution is 0.101. The molecule has 3 heteroatoms. The van der Waals surface area contributed by atoms with Gasteiger partial charge in [-0.15, -0.1) is 0 Å². The summed E-state index contributed by atoms with van der Waals surface area (Å²) in [6.45, 7) is 2.76. The second-order valence-electron chi connectivity index (χ2n) is 4.61. The van der Waals surface area contributed by atoms with Gasteiger partial charge < -0.3 is 10.5 Å². The Bertz CT molecular complexity index is 340. The molecule has 0 bridgehead atoms. The van der Waals surface area contributed by atoms with E-state index in [1.54, 1.807) is 12.4 Å². The first-order valence-corrected chi connectivity index (χ1v) is 6.11. The zero-order chi connectivity index (χ0) is 11.4. The molecule has 0 amide bonds. The minimum Gasteiger partial charge on any atom is -0.490 e. The molecule has 0 aliphatic heterocycles. The fourth-order valence-electron chi connectivity index (χ4n) is 2.30. The third kappa shape index (κ3) is 2.53. The Kier molecular flexibility index (Phi) is 3.78. The molecule has 88 valence electrons. The van der Waals surface area contributed by atoms with E-state index in [0.717, 1.165) is 17.7 Å². The molecule has 0 spiro atoms. The van der Waals surface area contributed by atoms with Gasteiger partial charge in [0.2, 0.25) is 0 Å². The predicted octanol–water partition coefficient (Wildman–Crippen LogP) is 2.50. The Morgan fingerprint density at radius 1 is 1.44 bits per heavy atom. The van der Waals surface area contributed by atoms with Gasteiger partial charge in [-0.25, -0.2) is 0 Å². The van der Waals surface area contributed by atoms with Gasteiger partial charge >= 0.3 is 0 Å². The molecule has 1 aliphatic carbocycles. The summed E-state index contributed by atoms with van der Waals surface area (Å²) >= 11 is 0. The van der Waals surface area contributed by atoms with Crippen LogP contribution in [-0.2, 0) is 6.54 Å². The van der Waals surface area contributed by atoms with E-state index < -0.39 is 0 Å². The standard InChI is InChI=1S/C13H20N2O/c1-10-4-2-3-5-12(10)16-13-6-7-15-9-11(13)8-14/h6-7,9-10,12H,2-5,8,14H2,1H3. The summed E-state index contributed by atoms with van der Waals surface area (Å²) in [6.07, 6.45) is 8.95. The molecule has 1 aromatic heterocycles. The van der Waals surface area contributed by atoms with Crippen LogP contribution >= 0.6 is 0 Å². The van der Waals surface area contributed by atoms with Gasteiger partial charge in [0.25, 0.3) is 0 Å². The number of rotatable bonds is 3. The molecule has 1 aromatic rings. The molecule has 1 aliphatic rings. The molecule has 1 heterocycles. The maximum Gasteiger partial charge on any atom is 0.127 e. The minimum atomic E-state index is 0.349. The van der Waals surface area contributed by atoms with Crippen molar-refractivity contribution in [3.8, 4) is 5.75 Å². The lowest BCUT2D eigenvalue weighted by atomic mass is 9.88. The largest absolute Gasteiger partial charge is 0.490 e. The second kappa shape index (κ2) is 5.30. The van der Waals surface area contributed by atoms with Gasteiger partial charge in [0, 0.05) is 24.5 Å². The second-order valence-corrected chi connectivity index (χ2v) is 4.61. The molecule has 0 aromatic carbocycles. The average Bonchev–Trinajstić information content (AvgIpc) is 2.33. The van der Waals surface area contributed by atoms with Crippen molar-refractivity contribution in [3.63, 3.8) is 0 Å². The van der Waals surface area contributed by atoms with Crippen molar-refractivity contribution < 1.29 is 4.74 Å². The Hall–Kier alpha value is -1.09. The zero-order valence-corrected chi connectivity index (χ0v) is 9.86. The molecule has 0 saturated heterocycles. The van der Waals surface area contributed by atoms with E-state index in [4.69, 9.17) is 10.5 Å². The first-order valence-electron chi connectivity index (χ1n) is 6.11. The number of aromatic nitrogens is 1. The molecule has 16 heavy (non-hydrogen) atoms. The van der Waals surface area contributed by atoms with Crippen molar-refractivity contribution >= 4 is 0 Å². The monoisotopic (exact) mass is 220 g/mol. The van der Waals surface area contributed by atoms with Gasteiger partial charge in [0.15, 0.2) is 0 Å². The van der Waals surface area contributed by atoms with Crippen molar-refractivity contribution in [1.29, 1.82) is 0 Å². The molecular formula is C13H20N2O. The number of nitrogens with two attached hydrogens (primary N) is 1. The quantitative estimate of drug-likeness (QED) is 0.851. The van der Waals surface area contributed by atoms with Crippen LogP contribution in [0.15, 0.2) is 18.5 Å². The Balaban J connectivity index is 2.07. The molecule has 0 radical (unpaired) electrons. The van der Waals surface area contributed by atoms with Crippen molar-refractivity contribution in [2.24, 2.45) is 11.7 Å². The van der Waals surface area contributed by atoms with E-state index in [1.807, 2.05) is 6.07 Å². The van der Waals surface area contributed by atoms with Crippen LogP contribution in [0.3, 0.4) is 0 Å². The molecule has 1 saturated carbocycles. The van der Waals surface area contributed by atoms with Crippen LogP contribution in [0.4, 0.5) is 0 Å². The Labute approximate surface area is 97.0 Å². The maximum atomic E-state index is 6.07. The number of hydrogen-bond acceptors (Lipinski definition) is 3. The van der Waals surface area contributed by atoms with Gasteiger partial charge in [-0.3, -0.25) is 4.98 Å². The lowest BCUT2D eigenvalue weighted by Crippen LogP contribution is -2.28. The van der Waals surface area contributed by atoms with E-state index in [-0.39, 0.29) is 0 Å². The maximum absolute atomic E-state index is 6.07. The summed E-state index contributed by atoms with van der Waals surface area (Å²) in [5, 5.41) is 0. The molecule has 2 atom stereocenters. The molecule has 2 rings (SSSR count). The van der Waals surface area contributed by atoms with Gasteiger partial charge in [0.05, 0.1) is 0 Å². The van der Waals surface area contributed by atoms with Crippen LogP contribution in [0.5, 0.6) is 5.75 Å². The highest BCUT2D eigenvalue weighted by Gasteiger charge is 2.23. The van der Waals surface area contributed by atoms with E-state index in [9.17, 15) is 0 Å². The number of ether oxygens (including phenoxy) is 1. The van der Waals surface area contributed by atoms with Gasteiger partial charge in [0.1, 0.15) is 11.9 Å². The zero-order valence-electron chi connectivity index (χ0n) is 9.86. The Morgan fingerprint density at radius 2 is 2.25 bits per heavy atom. The summed E-state index contributed by atoms with van der Waals surface area (Å²) in [6, 6.07) is 1.92. The first kappa shape index (κ1) is 11.4. The topological polar surface area (TPSA) is 48.1 Å². The van der Waals surface area contributed by atoms with E-state index in [2.05, 4.69) is 11.9 Å². The summed E-state index contributed by atoms with van der Waals surface area (Å²) in [5.74, 6) is 1.56. The van der Waals surface area contributed by atoms with Crippen LogP contribution in [0.25, 0.3) is 0 Å². The summed E-state index contributed by atoms with van der Waals surface area (Å²) in [7, 11) is 0. The molecule has 1 fully saturated rings. The average molecular weight is 220 g/mol. The van der Waals surface area contributed by atoms with Crippen molar-refractivity contribution in [2.75, 3.05) is 0 Å². The summed E-state index contributed by atoms with van der Waals surface area (Å²) in [4.78, 5) is 4.07. The molecular weight excluding hydrogens is 200 g/mol. The van der Waals surface area contributed by atoms with E-state index in [0.29, 0.717) is 18.6 Å². The van der Waals surface area contributed by atoms with Gasteiger partial charge in [-0.05, 0) is 31.2 Å². The van der Waals surface area contributed by atoms with Crippen LogP contribution in [0.2, 0.25) is 0 Å². The SMILES string of the molecule is CC1CCCCC1Oc1ccncc1CN. The van der Waals surface area contributed by atoms with Crippen LogP contribution < -0.4 is 10.5 Å².